The molecule has 1 aromatic heterocycles. The number of aromatic amines is 1. The van der Waals surface area contributed by atoms with E-state index in [4.69, 9.17) is 0 Å². The lowest BCUT2D eigenvalue weighted by molar-refractivity contribution is -0.125. The molecule has 2 amide bonds. The molecule has 3 rings (SSSR count). The van der Waals surface area contributed by atoms with Crippen molar-refractivity contribution in [3.8, 4) is 0 Å². The van der Waals surface area contributed by atoms with Gasteiger partial charge in [-0.25, -0.2) is 0 Å². The van der Waals surface area contributed by atoms with Crippen LogP contribution in [0.5, 0.6) is 0 Å². The number of hydrogen-bond acceptors (Lipinski definition) is 2. The van der Waals surface area contributed by atoms with Crippen molar-refractivity contribution in [3.05, 3.63) is 36.0 Å². The Bertz CT molecular complexity index is 677. The molecule has 0 radical (unpaired) electrons. The fourth-order valence-corrected chi connectivity index (χ4v) is 3.02. The Kier molecular flexibility index (Phi) is 3.64. The Morgan fingerprint density at radius 1 is 1.33 bits per heavy atom. The van der Waals surface area contributed by atoms with Gasteiger partial charge < -0.3 is 15.2 Å². The summed E-state index contributed by atoms with van der Waals surface area (Å²) in [5, 5.41) is 3.61. The third kappa shape index (κ3) is 2.51. The van der Waals surface area contributed by atoms with Gasteiger partial charge in [0.25, 0.3) is 5.91 Å². The molecule has 0 bridgehead atoms. The molecule has 1 aliphatic heterocycles. The van der Waals surface area contributed by atoms with Crippen molar-refractivity contribution < 1.29 is 9.59 Å². The van der Waals surface area contributed by atoms with E-state index in [2.05, 4.69) is 10.3 Å². The SMILES string of the molecule is CNC(=O)C1CCCN(C(=O)c2cccc3[nH]ccc23)C1. The van der Waals surface area contributed by atoms with Crippen LogP contribution >= 0.6 is 0 Å². The standard InChI is InChI=1S/C16H19N3O2/c1-17-15(20)11-4-3-9-19(10-11)16(21)13-5-2-6-14-12(13)7-8-18-14/h2,5-8,11,18H,3-4,9-10H2,1H3,(H,17,20). The summed E-state index contributed by atoms with van der Waals surface area (Å²) in [5.74, 6) is -0.0701. The van der Waals surface area contributed by atoms with Crippen molar-refractivity contribution in [3.63, 3.8) is 0 Å². The van der Waals surface area contributed by atoms with Crippen molar-refractivity contribution >= 4 is 22.7 Å². The summed E-state index contributed by atoms with van der Waals surface area (Å²) >= 11 is 0. The van der Waals surface area contributed by atoms with Crippen LogP contribution in [-0.2, 0) is 4.79 Å². The molecular weight excluding hydrogens is 266 g/mol. The van der Waals surface area contributed by atoms with Crippen molar-refractivity contribution in [1.82, 2.24) is 15.2 Å². The molecule has 21 heavy (non-hydrogen) atoms. The van der Waals surface area contributed by atoms with Crippen LogP contribution in [0.15, 0.2) is 30.5 Å². The normalized spacial score (nSPS) is 18.7. The third-order valence-electron chi connectivity index (χ3n) is 4.15. The van der Waals surface area contributed by atoms with E-state index in [0.29, 0.717) is 18.7 Å². The van der Waals surface area contributed by atoms with Crippen molar-refractivity contribution in [2.45, 2.75) is 12.8 Å². The average Bonchev–Trinajstić information content (AvgIpc) is 3.02. The number of nitrogens with one attached hydrogen (secondary N) is 2. The third-order valence-corrected chi connectivity index (χ3v) is 4.15. The Hall–Kier alpha value is -2.30. The maximum atomic E-state index is 12.7. The Balaban J connectivity index is 1.84. The summed E-state index contributed by atoms with van der Waals surface area (Å²) in [6.07, 6.45) is 3.55. The van der Waals surface area contributed by atoms with Gasteiger partial charge in [-0.1, -0.05) is 6.07 Å². The summed E-state index contributed by atoms with van der Waals surface area (Å²) in [5.41, 5.74) is 1.66. The van der Waals surface area contributed by atoms with Crippen LogP contribution < -0.4 is 5.32 Å². The predicted octanol–water partition coefficient (Wildman–Crippen LogP) is 1.77. The molecule has 1 atom stereocenters. The van der Waals surface area contributed by atoms with E-state index in [0.717, 1.165) is 23.7 Å². The highest BCUT2D eigenvalue weighted by atomic mass is 16.2. The lowest BCUT2D eigenvalue weighted by Crippen LogP contribution is -2.44. The molecular formula is C16H19N3O2. The molecule has 1 fully saturated rings. The van der Waals surface area contributed by atoms with Crippen LogP contribution in [0.1, 0.15) is 23.2 Å². The quantitative estimate of drug-likeness (QED) is 0.883. The molecule has 1 saturated heterocycles. The fourth-order valence-electron chi connectivity index (χ4n) is 3.02. The van der Waals surface area contributed by atoms with Crippen LogP contribution in [0, 0.1) is 5.92 Å². The number of fused-ring (bicyclic) bond motifs is 1. The largest absolute Gasteiger partial charge is 0.361 e. The Labute approximate surface area is 123 Å². The van der Waals surface area contributed by atoms with E-state index in [9.17, 15) is 9.59 Å². The van der Waals surface area contributed by atoms with Gasteiger partial charge in [0.15, 0.2) is 0 Å². The molecule has 2 N–H and O–H groups in total. The first-order valence-electron chi connectivity index (χ1n) is 7.27. The number of carbonyl (C=O) groups excluding carboxylic acids is 2. The molecule has 0 aliphatic carbocycles. The second-order valence-corrected chi connectivity index (χ2v) is 5.45. The topological polar surface area (TPSA) is 65.2 Å². The number of carbonyl (C=O) groups is 2. The summed E-state index contributed by atoms with van der Waals surface area (Å²) in [7, 11) is 1.64. The molecule has 5 nitrogen and oxygen atoms in total. The van der Waals surface area contributed by atoms with Gasteiger partial charge in [0.2, 0.25) is 5.91 Å². The minimum Gasteiger partial charge on any atom is -0.361 e. The van der Waals surface area contributed by atoms with Crippen LogP contribution in [0.3, 0.4) is 0 Å². The van der Waals surface area contributed by atoms with Crippen molar-refractivity contribution in [2.24, 2.45) is 5.92 Å². The lowest BCUT2D eigenvalue weighted by Gasteiger charge is -2.32. The van der Waals surface area contributed by atoms with Gasteiger partial charge in [-0.3, -0.25) is 9.59 Å². The molecule has 1 aromatic carbocycles. The Morgan fingerprint density at radius 3 is 3.00 bits per heavy atom. The predicted molar refractivity (Wildman–Crippen MR) is 81.0 cm³/mol. The number of likely N-dealkylation sites (tertiary alicyclic amines) is 1. The zero-order valence-electron chi connectivity index (χ0n) is 12.1. The van der Waals surface area contributed by atoms with E-state index in [1.807, 2.05) is 30.5 Å². The van der Waals surface area contributed by atoms with Gasteiger partial charge in [-0.05, 0) is 31.0 Å². The summed E-state index contributed by atoms with van der Waals surface area (Å²) in [4.78, 5) is 29.5. The summed E-state index contributed by atoms with van der Waals surface area (Å²) in [6.45, 7) is 1.21. The van der Waals surface area contributed by atoms with Gasteiger partial charge in [0, 0.05) is 42.8 Å². The first kappa shape index (κ1) is 13.7. The smallest absolute Gasteiger partial charge is 0.254 e. The van der Waals surface area contributed by atoms with E-state index in [-0.39, 0.29) is 17.7 Å². The first-order chi connectivity index (χ1) is 10.2. The highest BCUT2D eigenvalue weighted by molar-refractivity contribution is 6.06. The minimum atomic E-state index is -0.0990. The zero-order chi connectivity index (χ0) is 14.8. The highest BCUT2D eigenvalue weighted by Crippen LogP contribution is 2.23. The number of H-pyrrole nitrogens is 1. The first-order valence-corrected chi connectivity index (χ1v) is 7.27. The monoisotopic (exact) mass is 285 g/mol. The molecule has 1 unspecified atom stereocenters. The second kappa shape index (κ2) is 5.60. The van der Waals surface area contributed by atoms with E-state index in [1.165, 1.54) is 0 Å². The molecule has 5 heteroatoms. The summed E-state index contributed by atoms with van der Waals surface area (Å²) in [6, 6.07) is 7.60. The lowest BCUT2D eigenvalue weighted by atomic mass is 9.96. The number of benzene rings is 1. The second-order valence-electron chi connectivity index (χ2n) is 5.45. The van der Waals surface area contributed by atoms with Crippen molar-refractivity contribution in [1.29, 1.82) is 0 Å². The number of amides is 2. The maximum Gasteiger partial charge on any atom is 0.254 e. The molecule has 0 saturated carbocycles. The summed E-state index contributed by atoms with van der Waals surface area (Å²) < 4.78 is 0. The van der Waals surface area contributed by atoms with Crippen molar-refractivity contribution in [2.75, 3.05) is 20.1 Å². The van der Waals surface area contributed by atoms with Gasteiger partial charge in [-0.2, -0.15) is 0 Å². The number of piperidine rings is 1. The highest BCUT2D eigenvalue weighted by Gasteiger charge is 2.28. The molecule has 1 aliphatic rings. The van der Waals surface area contributed by atoms with Gasteiger partial charge in [-0.15, -0.1) is 0 Å². The average molecular weight is 285 g/mol. The van der Waals surface area contributed by atoms with Crippen LogP contribution in [-0.4, -0.2) is 41.8 Å². The van der Waals surface area contributed by atoms with Crippen LogP contribution in [0.2, 0.25) is 0 Å². The van der Waals surface area contributed by atoms with E-state index in [1.54, 1.807) is 11.9 Å². The van der Waals surface area contributed by atoms with Gasteiger partial charge in [0.05, 0.1) is 5.92 Å². The number of rotatable bonds is 2. The molecule has 2 heterocycles. The van der Waals surface area contributed by atoms with Gasteiger partial charge in [0.1, 0.15) is 0 Å². The number of aromatic nitrogens is 1. The number of nitrogens with zero attached hydrogens (tertiary/aromatic N) is 1. The fraction of sp³-hybridized carbons (Fsp3) is 0.375. The van der Waals surface area contributed by atoms with Crippen LogP contribution in [0.4, 0.5) is 0 Å². The molecule has 0 spiro atoms. The van der Waals surface area contributed by atoms with Gasteiger partial charge >= 0.3 is 0 Å². The van der Waals surface area contributed by atoms with Crippen LogP contribution in [0.25, 0.3) is 10.9 Å². The zero-order valence-corrected chi connectivity index (χ0v) is 12.1. The van der Waals surface area contributed by atoms with E-state index < -0.39 is 0 Å². The molecule has 110 valence electrons. The number of hydrogen-bond donors (Lipinski definition) is 2. The molecule has 2 aromatic rings. The van der Waals surface area contributed by atoms with E-state index >= 15 is 0 Å². The minimum absolute atomic E-state index is 0.00815. The maximum absolute atomic E-state index is 12.7. The Morgan fingerprint density at radius 2 is 2.19 bits per heavy atom.